The minimum atomic E-state index is -1.83. The molecule has 0 radical (unpaired) electrons. The number of carbonyl (C=O) groups excluding carboxylic acids is 7. The number of aliphatic carboxylic acids is 2. The van der Waals surface area contributed by atoms with Gasteiger partial charge in [0, 0.05) is 13.0 Å². The van der Waals surface area contributed by atoms with Crippen LogP contribution in [0.3, 0.4) is 0 Å². The van der Waals surface area contributed by atoms with Crippen LogP contribution in [0, 0.1) is 5.92 Å². The lowest BCUT2D eigenvalue weighted by molar-refractivity contribution is -0.146. The Balaban J connectivity index is 3.05. The fraction of sp³-hybridized carbons (Fsp3) is 0.579. The van der Waals surface area contributed by atoms with Gasteiger partial charge in [-0.3, -0.25) is 43.3 Å². The van der Waals surface area contributed by atoms with E-state index in [2.05, 4.69) is 36.9 Å². The number of aliphatic hydroxyl groups excluding tert-OH is 3. The van der Waals surface area contributed by atoms with Crippen LogP contribution in [0.25, 0.3) is 0 Å². The number of hydrogen-bond acceptors (Lipinski definition) is 14. The van der Waals surface area contributed by atoms with E-state index >= 15 is 0 Å². The number of benzene rings is 1. The molecule has 0 unspecified atom stereocenters. The monoisotopic (exact) mass is 895 g/mol. The van der Waals surface area contributed by atoms with E-state index in [-0.39, 0.29) is 31.8 Å². The average Bonchev–Trinajstić information content (AvgIpc) is 3.20. The molecule has 18 N–H and O–H groups in total. The Hall–Kier alpha value is -6.44. The van der Waals surface area contributed by atoms with E-state index in [1.807, 2.05) is 5.32 Å². The van der Waals surface area contributed by atoms with Crippen LogP contribution in [0.15, 0.2) is 35.3 Å². The summed E-state index contributed by atoms with van der Waals surface area (Å²) in [5, 5.41) is 64.3. The van der Waals surface area contributed by atoms with Gasteiger partial charge in [-0.15, -0.1) is 0 Å². The van der Waals surface area contributed by atoms with E-state index in [0.717, 1.165) is 19.4 Å². The van der Waals surface area contributed by atoms with Gasteiger partial charge in [-0.05, 0) is 51.0 Å². The van der Waals surface area contributed by atoms with Gasteiger partial charge in [0.1, 0.15) is 30.2 Å². The molecule has 0 spiro atoms. The standard InChI is InChI=1S/C38H61N11O14/c1-18(2)28(35(60)45-24(12-13-27(54)55)34(59)48-29(19(3)51)36(61)49-30(20(4)52)37(62)63)47-26(53)16-43-32(57)25(17-50)46-33(58)23(11-8-14-42-38(40)41)44-31(56)22(39)15-21-9-6-5-7-10-21/h5-7,9-10,18-20,22-25,28-30,50-52H,8,11-17,39H2,1-4H3,(H,43,57)(H,44,56)(H,45,60)(H,46,58)(H,47,53)(H,48,59)(H,49,61)(H,54,55)(H,62,63)(H4,40,41,42)/t19-,20-,22+,23+,24+,25+,28+,29+,30+/m1/s1. The normalized spacial score (nSPS) is 15.3. The first-order valence-electron chi connectivity index (χ1n) is 19.8. The van der Waals surface area contributed by atoms with E-state index in [1.165, 1.54) is 13.8 Å². The summed E-state index contributed by atoms with van der Waals surface area (Å²) < 4.78 is 0. The lowest BCUT2D eigenvalue weighted by atomic mass is 10.0. The van der Waals surface area contributed by atoms with Crippen molar-refractivity contribution in [1.29, 1.82) is 0 Å². The fourth-order valence-corrected chi connectivity index (χ4v) is 5.62. The van der Waals surface area contributed by atoms with Crippen LogP contribution < -0.4 is 54.4 Å². The number of aliphatic imine (C=N–C) groups is 1. The molecule has 0 aromatic heterocycles. The predicted octanol–water partition coefficient (Wildman–Crippen LogP) is -6.01. The number of aliphatic hydroxyl groups is 3. The Morgan fingerprint density at radius 3 is 1.70 bits per heavy atom. The topological polar surface area (TPSA) is 429 Å². The molecule has 7 amide bonds. The van der Waals surface area contributed by atoms with Gasteiger partial charge < -0.3 is 80.0 Å². The third-order valence-corrected chi connectivity index (χ3v) is 9.11. The Kier molecular flexibility index (Phi) is 23.8. The van der Waals surface area contributed by atoms with Gasteiger partial charge in [-0.2, -0.15) is 0 Å². The van der Waals surface area contributed by atoms with Gasteiger partial charge in [0.15, 0.2) is 12.0 Å². The summed E-state index contributed by atoms with van der Waals surface area (Å²) >= 11 is 0. The molecule has 25 nitrogen and oxygen atoms in total. The van der Waals surface area contributed by atoms with Crippen molar-refractivity contribution >= 4 is 59.2 Å². The highest BCUT2D eigenvalue weighted by atomic mass is 16.4. The number of carboxylic acids is 2. The summed E-state index contributed by atoms with van der Waals surface area (Å²) in [5.41, 5.74) is 17.6. The average molecular weight is 896 g/mol. The van der Waals surface area contributed by atoms with Crippen molar-refractivity contribution in [2.24, 2.45) is 28.1 Å². The molecule has 25 heteroatoms. The summed E-state index contributed by atoms with van der Waals surface area (Å²) in [4.78, 5) is 119. The molecule has 1 aromatic rings. The summed E-state index contributed by atoms with van der Waals surface area (Å²) in [7, 11) is 0. The second-order valence-electron chi connectivity index (χ2n) is 14.8. The number of rotatable bonds is 28. The summed E-state index contributed by atoms with van der Waals surface area (Å²) in [6.07, 6.45) is -4.11. The molecule has 0 bridgehead atoms. The largest absolute Gasteiger partial charge is 0.481 e. The summed E-state index contributed by atoms with van der Waals surface area (Å²) in [6, 6.07) is -1.86. The number of guanidine groups is 1. The highest BCUT2D eigenvalue weighted by Crippen LogP contribution is 2.08. The maximum Gasteiger partial charge on any atom is 0.328 e. The number of carboxylic acid groups (broad SMARTS) is 2. The predicted molar refractivity (Wildman–Crippen MR) is 222 cm³/mol. The van der Waals surface area contributed by atoms with Crippen molar-refractivity contribution < 1.29 is 68.7 Å². The van der Waals surface area contributed by atoms with Crippen molar-refractivity contribution in [3.63, 3.8) is 0 Å². The molecule has 0 heterocycles. The van der Waals surface area contributed by atoms with Crippen molar-refractivity contribution in [3.8, 4) is 0 Å². The van der Waals surface area contributed by atoms with Crippen molar-refractivity contribution in [3.05, 3.63) is 35.9 Å². The van der Waals surface area contributed by atoms with Crippen molar-refractivity contribution in [2.75, 3.05) is 19.7 Å². The van der Waals surface area contributed by atoms with Crippen LogP contribution in [0.5, 0.6) is 0 Å². The zero-order chi connectivity index (χ0) is 48.0. The first-order valence-corrected chi connectivity index (χ1v) is 19.8. The molecule has 1 aromatic carbocycles. The molecular formula is C38H61N11O14. The van der Waals surface area contributed by atoms with Gasteiger partial charge in [0.05, 0.1) is 31.4 Å². The molecule has 0 aliphatic rings. The molecule has 352 valence electrons. The van der Waals surface area contributed by atoms with Gasteiger partial charge in [-0.1, -0.05) is 44.2 Å². The Morgan fingerprint density at radius 1 is 0.651 bits per heavy atom. The maximum absolute atomic E-state index is 13.4. The third-order valence-electron chi connectivity index (χ3n) is 9.11. The minimum absolute atomic E-state index is 0.0142. The molecular weight excluding hydrogens is 834 g/mol. The molecule has 9 atom stereocenters. The molecule has 0 aliphatic carbocycles. The maximum atomic E-state index is 13.4. The molecule has 0 fully saturated rings. The lowest BCUT2D eigenvalue weighted by Gasteiger charge is -2.28. The molecule has 0 saturated heterocycles. The number of hydrogen-bond donors (Lipinski definition) is 15. The molecule has 0 aliphatic heterocycles. The SMILES string of the molecule is CC(C)[C@H](NC(=O)CNC(=O)[C@H](CO)NC(=O)[C@H](CCCN=C(N)N)NC(=O)[C@@H](N)Cc1ccccc1)C(=O)N[C@@H](CCC(=O)O)C(=O)N[C@H](C(=O)N[C@H](C(=O)O)[C@@H](C)O)[C@@H](C)O. The Morgan fingerprint density at radius 2 is 1.17 bits per heavy atom. The number of amides is 7. The zero-order valence-electron chi connectivity index (χ0n) is 35.4. The van der Waals surface area contributed by atoms with Crippen LogP contribution in [0.2, 0.25) is 0 Å². The van der Waals surface area contributed by atoms with Gasteiger partial charge in [-0.25, -0.2) is 4.79 Å². The van der Waals surface area contributed by atoms with Crippen molar-refractivity contribution in [1.82, 2.24) is 37.2 Å². The van der Waals surface area contributed by atoms with Crippen LogP contribution in [-0.2, 0) is 49.6 Å². The van der Waals surface area contributed by atoms with Gasteiger partial charge >= 0.3 is 11.9 Å². The van der Waals surface area contributed by atoms with Crippen molar-refractivity contribution in [2.45, 2.75) is 114 Å². The van der Waals surface area contributed by atoms with Gasteiger partial charge in [0.25, 0.3) is 0 Å². The smallest absolute Gasteiger partial charge is 0.328 e. The fourth-order valence-electron chi connectivity index (χ4n) is 5.62. The van der Waals surface area contributed by atoms with Gasteiger partial charge in [0.2, 0.25) is 41.4 Å². The number of nitrogens with zero attached hydrogens (tertiary/aromatic N) is 1. The summed E-state index contributed by atoms with van der Waals surface area (Å²) in [6.45, 7) is 3.50. The van der Waals surface area contributed by atoms with Crippen LogP contribution >= 0.6 is 0 Å². The Labute approximate surface area is 362 Å². The van der Waals surface area contributed by atoms with E-state index in [1.54, 1.807) is 30.3 Å². The number of nitrogens with two attached hydrogens (primary N) is 3. The highest BCUT2D eigenvalue weighted by molar-refractivity contribution is 5.97. The number of carbonyl (C=O) groups is 9. The Bertz CT molecular complexity index is 1760. The highest BCUT2D eigenvalue weighted by Gasteiger charge is 2.35. The van der Waals surface area contributed by atoms with Crippen LogP contribution in [0.4, 0.5) is 0 Å². The molecule has 63 heavy (non-hydrogen) atoms. The number of nitrogens with one attached hydrogen (secondary N) is 7. The molecule has 1 rings (SSSR count). The summed E-state index contributed by atoms with van der Waals surface area (Å²) in [5.74, 6) is -10.9. The lowest BCUT2D eigenvalue weighted by Crippen LogP contribution is -2.61. The quantitative estimate of drug-likeness (QED) is 0.0211. The zero-order valence-corrected chi connectivity index (χ0v) is 35.4. The van der Waals surface area contributed by atoms with E-state index in [9.17, 15) is 68.7 Å². The minimum Gasteiger partial charge on any atom is -0.481 e. The second-order valence-corrected chi connectivity index (χ2v) is 14.8. The van der Waals surface area contributed by atoms with Crippen LogP contribution in [-0.4, -0.2) is 159 Å². The first-order chi connectivity index (χ1) is 29.5. The van der Waals surface area contributed by atoms with Crippen LogP contribution in [0.1, 0.15) is 58.9 Å². The van der Waals surface area contributed by atoms with E-state index < -0.39 is 140 Å². The second kappa shape index (κ2) is 27.5. The molecule has 0 saturated carbocycles. The van der Waals surface area contributed by atoms with E-state index in [0.29, 0.717) is 0 Å². The first kappa shape index (κ1) is 54.6. The van der Waals surface area contributed by atoms with E-state index in [4.69, 9.17) is 17.2 Å². The third kappa shape index (κ3) is 20.3.